The molecule has 0 unspecified atom stereocenters. The highest BCUT2D eigenvalue weighted by atomic mass is 28.3. The molecule has 0 saturated carbocycles. The van der Waals surface area contributed by atoms with Gasteiger partial charge in [-0.2, -0.15) is 0 Å². The molecule has 5 heteroatoms. The monoisotopic (exact) mass is 220 g/mol. The molecule has 0 aliphatic rings. The van der Waals surface area contributed by atoms with Crippen LogP contribution in [0.1, 0.15) is 5.69 Å². The molecular formula is C10H12N2O2Si. The number of aromatic nitrogens is 1. The molecule has 15 heavy (non-hydrogen) atoms. The molecule has 0 fully saturated rings. The minimum absolute atomic E-state index is 0.00597. The van der Waals surface area contributed by atoms with Crippen molar-refractivity contribution in [1.29, 1.82) is 0 Å². The first-order valence-corrected chi connectivity index (χ1v) is 8.02. The average Bonchev–Trinajstić information content (AvgIpc) is 2.14. The molecule has 1 heterocycles. The standard InChI is InChI=1S/C10H12N2O2Si/c1-15(2,3)7-6-9-4-5-10(8-11-9)12(13)14/h4-5,8H,1-3H3. The Morgan fingerprint density at radius 2 is 2.07 bits per heavy atom. The lowest BCUT2D eigenvalue weighted by Crippen LogP contribution is -2.16. The molecule has 0 aliphatic carbocycles. The summed E-state index contributed by atoms with van der Waals surface area (Å²) in [5.74, 6) is 2.93. The van der Waals surface area contributed by atoms with Crippen LogP contribution < -0.4 is 0 Å². The van der Waals surface area contributed by atoms with Gasteiger partial charge in [-0.15, -0.1) is 5.54 Å². The lowest BCUT2D eigenvalue weighted by atomic mass is 10.3. The van der Waals surface area contributed by atoms with Crippen molar-refractivity contribution in [3.05, 3.63) is 34.1 Å². The highest BCUT2D eigenvalue weighted by Crippen LogP contribution is 2.08. The van der Waals surface area contributed by atoms with Crippen LogP contribution in [0.4, 0.5) is 5.69 Å². The second kappa shape index (κ2) is 4.23. The van der Waals surface area contributed by atoms with Crippen molar-refractivity contribution < 1.29 is 4.92 Å². The Labute approximate surface area is 89.5 Å². The number of nitro groups is 1. The van der Waals surface area contributed by atoms with Gasteiger partial charge in [-0.25, -0.2) is 4.98 Å². The molecule has 1 rings (SSSR count). The van der Waals surface area contributed by atoms with E-state index < -0.39 is 13.0 Å². The van der Waals surface area contributed by atoms with E-state index in [0.29, 0.717) is 5.69 Å². The second-order valence-corrected chi connectivity index (χ2v) is 8.91. The Balaban J connectivity index is 2.89. The van der Waals surface area contributed by atoms with Crippen molar-refractivity contribution in [1.82, 2.24) is 4.98 Å². The molecule has 0 bridgehead atoms. The Morgan fingerprint density at radius 1 is 1.40 bits per heavy atom. The fourth-order valence-electron chi connectivity index (χ4n) is 0.820. The molecule has 0 aromatic carbocycles. The van der Waals surface area contributed by atoms with E-state index in [1.807, 2.05) is 0 Å². The molecule has 0 atom stereocenters. The first-order valence-electron chi connectivity index (χ1n) is 4.52. The summed E-state index contributed by atoms with van der Waals surface area (Å²) in [6.07, 6.45) is 1.23. The van der Waals surface area contributed by atoms with E-state index in [1.165, 1.54) is 12.3 Å². The highest BCUT2D eigenvalue weighted by molar-refractivity contribution is 6.83. The summed E-state index contributed by atoms with van der Waals surface area (Å²) in [5.41, 5.74) is 3.72. The lowest BCUT2D eigenvalue weighted by Gasteiger charge is -2.02. The molecule has 0 saturated heterocycles. The third-order valence-corrected chi connectivity index (χ3v) is 2.40. The Bertz CT molecular complexity index is 423. The minimum atomic E-state index is -1.41. The van der Waals surface area contributed by atoms with Gasteiger partial charge in [-0.1, -0.05) is 25.6 Å². The summed E-state index contributed by atoms with van der Waals surface area (Å²) in [4.78, 5) is 13.8. The molecule has 0 N–H and O–H groups in total. The molecule has 0 spiro atoms. The third-order valence-electron chi connectivity index (χ3n) is 1.52. The van der Waals surface area contributed by atoms with Gasteiger partial charge >= 0.3 is 0 Å². The summed E-state index contributed by atoms with van der Waals surface area (Å²) in [5, 5.41) is 10.4. The fraction of sp³-hybridized carbons (Fsp3) is 0.300. The maximum absolute atomic E-state index is 10.4. The molecule has 78 valence electrons. The molecule has 1 aromatic rings. The summed E-state index contributed by atoms with van der Waals surface area (Å²) < 4.78 is 0. The van der Waals surface area contributed by atoms with Gasteiger partial charge in [0.15, 0.2) is 0 Å². The van der Waals surface area contributed by atoms with Crippen LogP contribution >= 0.6 is 0 Å². The van der Waals surface area contributed by atoms with Crippen LogP contribution in [0.15, 0.2) is 18.3 Å². The zero-order chi connectivity index (χ0) is 11.5. The van der Waals surface area contributed by atoms with Crippen molar-refractivity contribution in [2.24, 2.45) is 0 Å². The Morgan fingerprint density at radius 3 is 2.47 bits per heavy atom. The van der Waals surface area contributed by atoms with Crippen LogP contribution in [0.3, 0.4) is 0 Å². The normalized spacial score (nSPS) is 10.3. The third kappa shape index (κ3) is 3.91. The van der Waals surface area contributed by atoms with Gasteiger partial charge in [-0.05, 0) is 6.07 Å². The smallest absolute Gasteiger partial charge is 0.258 e. The van der Waals surface area contributed by atoms with Gasteiger partial charge in [0.05, 0.1) is 4.92 Å². The van der Waals surface area contributed by atoms with Gasteiger partial charge in [0.1, 0.15) is 20.0 Å². The number of nitrogens with zero attached hydrogens (tertiary/aromatic N) is 2. The van der Waals surface area contributed by atoms with E-state index in [1.54, 1.807) is 6.07 Å². The molecule has 1 aromatic heterocycles. The average molecular weight is 220 g/mol. The molecule has 0 aliphatic heterocycles. The predicted molar refractivity (Wildman–Crippen MR) is 61.1 cm³/mol. The zero-order valence-electron chi connectivity index (χ0n) is 8.94. The van der Waals surface area contributed by atoms with Crippen LogP contribution in [0.2, 0.25) is 19.6 Å². The van der Waals surface area contributed by atoms with Crippen LogP contribution in [0, 0.1) is 21.6 Å². The van der Waals surface area contributed by atoms with Crippen LogP contribution in [-0.2, 0) is 0 Å². The van der Waals surface area contributed by atoms with E-state index in [0.717, 1.165) is 0 Å². The van der Waals surface area contributed by atoms with Crippen LogP contribution in [0.5, 0.6) is 0 Å². The van der Waals surface area contributed by atoms with E-state index in [9.17, 15) is 10.1 Å². The van der Waals surface area contributed by atoms with Gasteiger partial charge in [0, 0.05) is 6.07 Å². The van der Waals surface area contributed by atoms with Crippen molar-refractivity contribution in [2.75, 3.05) is 0 Å². The maximum Gasteiger partial charge on any atom is 0.287 e. The first kappa shape index (κ1) is 11.4. The van der Waals surface area contributed by atoms with Gasteiger partial charge in [0.2, 0.25) is 0 Å². The summed E-state index contributed by atoms with van der Waals surface area (Å²) >= 11 is 0. The first-order chi connectivity index (χ1) is 6.88. The topological polar surface area (TPSA) is 56.0 Å². The number of pyridine rings is 1. The van der Waals surface area contributed by atoms with Crippen molar-refractivity contribution in [3.8, 4) is 11.5 Å². The van der Waals surface area contributed by atoms with E-state index in [4.69, 9.17) is 0 Å². The predicted octanol–water partition coefficient (Wildman–Crippen LogP) is 2.22. The Kier molecular flexibility index (Phi) is 3.22. The van der Waals surface area contributed by atoms with Crippen LogP contribution in [-0.4, -0.2) is 18.0 Å². The molecule has 4 nitrogen and oxygen atoms in total. The van der Waals surface area contributed by atoms with Gasteiger partial charge in [0.25, 0.3) is 5.69 Å². The fourth-order valence-corrected chi connectivity index (χ4v) is 1.32. The van der Waals surface area contributed by atoms with E-state index in [2.05, 4.69) is 36.1 Å². The number of rotatable bonds is 1. The number of hydrogen-bond acceptors (Lipinski definition) is 3. The summed E-state index contributed by atoms with van der Waals surface area (Å²) in [6, 6.07) is 2.99. The second-order valence-electron chi connectivity index (χ2n) is 4.16. The molecule has 0 radical (unpaired) electrons. The lowest BCUT2D eigenvalue weighted by molar-refractivity contribution is -0.385. The highest BCUT2D eigenvalue weighted by Gasteiger charge is 2.08. The van der Waals surface area contributed by atoms with Crippen molar-refractivity contribution >= 4 is 13.8 Å². The van der Waals surface area contributed by atoms with Crippen LogP contribution in [0.25, 0.3) is 0 Å². The summed E-state index contributed by atoms with van der Waals surface area (Å²) in [7, 11) is -1.41. The van der Waals surface area contributed by atoms with Gasteiger partial charge < -0.3 is 0 Å². The van der Waals surface area contributed by atoms with Crippen molar-refractivity contribution in [3.63, 3.8) is 0 Å². The minimum Gasteiger partial charge on any atom is -0.258 e. The van der Waals surface area contributed by atoms with Gasteiger partial charge in [-0.3, -0.25) is 10.1 Å². The number of hydrogen-bond donors (Lipinski definition) is 0. The Hall–Kier alpha value is -1.67. The molecule has 0 amide bonds. The van der Waals surface area contributed by atoms with Crippen molar-refractivity contribution in [2.45, 2.75) is 19.6 Å². The van der Waals surface area contributed by atoms with E-state index in [-0.39, 0.29) is 5.69 Å². The zero-order valence-corrected chi connectivity index (χ0v) is 9.94. The largest absolute Gasteiger partial charge is 0.287 e. The maximum atomic E-state index is 10.4. The SMILES string of the molecule is C[Si](C)(C)C#Cc1ccc([N+](=O)[O-])cn1. The van der Waals surface area contributed by atoms with E-state index >= 15 is 0 Å². The molecular weight excluding hydrogens is 208 g/mol. The summed E-state index contributed by atoms with van der Waals surface area (Å²) in [6.45, 7) is 6.39. The quantitative estimate of drug-likeness (QED) is 0.315.